The van der Waals surface area contributed by atoms with Gasteiger partial charge in [0, 0.05) is 32.1 Å². The third-order valence-corrected chi connectivity index (χ3v) is 6.83. The molecule has 1 atom stereocenters. The van der Waals surface area contributed by atoms with Crippen LogP contribution >= 0.6 is 11.3 Å². The Morgan fingerprint density at radius 1 is 1.36 bits per heavy atom. The Labute approximate surface area is 151 Å². The lowest BCUT2D eigenvalue weighted by Crippen LogP contribution is -2.52. The van der Waals surface area contributed by atoms with Crippen molar-refractivity contribution < 1.29 is 18.0 Å². The number of sulfonamides is 1. The second-order valence-electron chi connectivity index (χ2n) is 5.84. The number of nitrogens with one attached hydrogen (secondary N) is 2. The first-order chi connectivity index (χ1) is 11.9. The zero-order valence-electron chi connectivity index (χ0n) is 13.9. The van der Waals surface area contributed by atoms with Crippen molar-refractivity contribution in [2.75, 3.05) is 26.2 Å². The average molecular weight is 389 g/mol. The summed E-state index contributed by atoms with van der Waals surface area (Å²) in [4.78, 5) is 25.7. The molecule has 0 radical (unpaired) electrons. The molecule has 0 spiro atoms. The van der Waals surface area contributed by atoms with Crippen LogP contribution in [0.1, 0.15) is 25.7 Å². The third-order valence-electron chi connectivity index (χ3n) is 4.03. The van der Waals surface area contributed by atoms with E-state index in [0.29, 0.717) is 13.1 Å². The molecule has 0 aliphatic carbocycles. The van der Waals surface area contributed by atoms with Crippen molar-refractivity contribution in [1.82, 2.24) is 14.9 Å². The molecule has 0 bridgehead atoms. The molecule has 1 fully saturated rings. The first-order valence-electron chi connectivity index (χ1n) is 8.23. The van der Waals surface area contributed by atoms with Gasteiger partial charge in [0.15, 0.2) is 0 Å². The van der Waals surface area contributed by atoms with Gasteiger partial charge in [-0.3, -0.25) is 9.59 Å². The number of likely N-dealkylation sites (tertiary alicyclic amines) is 1. The molecule has 25 heavy (non-hydrogen) atoms. The van der Waals surface area contributed by atoms with Crippen LogP contribution in [0.3, 0.4) is 0 Å². The summed E-state index contributed by atoms with van der Waals surface area (Å²) in [6.45, 7) is 0.927. The van der Waals surface area contributed by atoms with Crippen molar-refractivity contribution in [3.8, 4) is 0 Å². The molecule has 1 aromatic heterocycles. The highest BCUT2D eigenvalue weighted by Gasteiger charge is 2.28. The van der Waals surface area contributed by atoms with Crippen LogP contribution in [0.25, 0.3) is 0 Å². The summed E-state index contributed by atoms with van der Waals surface area (Å²) in [5, 5.41) is 4.45. The van der Waals surface area contributed by atoms with Crippen LogP contribution in [0, 0.1) is 0 Å². The van der Waals surface area contributed by atoms with Crippen molar-refractivity contribution in [3.05, 3.63) is 17.5 Å². The van der Waals surface area contributed by atoms with Crippen LogP contribution in [0.5, 0.6) is 0 Å². The molecule has 1 aliphatic heterocycles. The summed E-state index contributed by atoms with van der Waals surface area (Å²) in [6, 6.07) is 3.02. The zero-order chi connectivity index (χ0) is 18.3. The first-order valence-corrected chi connectivity index (χ1v) is 10.6. The number of carbonyl (C=O) groups excluding carboxylic acids is 2. The molecule has 8 nitrogen and oxygen atoms in total. The lowest BCUT2D eigenvalue weighted by molar-refractivity contribution is -0.134. The van der Waals surface area contributed by atoms with E-state index in [2.05, 4.69) is 10.0 Å². The fourth-order valence-electron chi connectivity index (χ4n) is 2.74. The predicted molar refractivity (Wildman–Crippen MR) is 95.5 cm³/mol. The van der Waals surface area contributed by atoms with Gasteiger partial charge in [0.2, 0.25) is 11.8 Å². The highest BCUT2D eigenvalue weighted by Crippen LogP contribution is 2.18. The number of carbonyl (C=O) groups is 2. The molecular formula is C15H24N4O4S2. The zero-order valence-corrected chi connectivity index (χ0v) is 15.6. The van der Waals surface area contributed by atoms with Crippen molar-refractivity contribution in [2.24, 2.45) is 5.73 Å². The number of thiophene rings is 1. The number of hydrogen-bond acceptors (Lipinski definition) is 6. The average Bonchev–Trinajstić information content (AvgIpc) is 3.14. The van der Waals surface area contributed by atoms with E-state index >= 15 is 0 Å². The molecule has 2 heterocycles. The molecule has 1 unspecified atom stereocenters. The van der Waals surface area contributed by atoms with Gasteiger partial charge in [-0.15, -0.1) is 11.3 Å². The number of nitrogens with zero attached hydrogens (tertiary/aromatic N) is 1. The van der Waals surface area contributed by atoms with Crippen LogP contribution in [-0.2, 0) is 19.6 Å². The maximum atomic E-state index is 12.5. The minimum Gasteiger partial charge on any atom is -0.354 e. The summed E-state index contributed by atoms with van der Waals surface area (Å²) in [7, 11) is -3.66. The molecule has 0 aromatic carbocycles. The van der Waals surface area contributed by atoms with E-state index in [-0.39, 0.29) is 41.6 Å². The van der Waals surface area contributed by atoms with Gasteiger partial charge in [-0.1, -0.05) is 6.07 Å². The van der Waals surface area contributed by atoms with Gasteiger partial charge in [-0.05, 0) is 30.7 Å². The van der Waals surface area contributed by atoms with Crippen molar-refractivity contribution in [1.29, 1.82) is 0 Å². The number of nitrogens with two attached hydrogens (primary N) is 1. The van der Waals surface area contributed by atoms with E-state index in [1.807, 2.05) is 0 Å². The minimum atomic E-state index is -3.66. The highest BCUT2D eigenvalue weighted by atomic mass is 32.2. The Morgan fingerprint density at radius 2 is 2.16 bits per heavy atom. The fourth-order valence-corrected chi connectivity index (χ4v) is 4.75. The van der Waals surface area contributed by atoms with Crippen LogP contribution in [0.4, 0.5) is 0 Å². The van der Waals surface area contributed by atoms with Gasteiger partial charge < -0.3 is 16.0 Å². The first kappa shape index (κ1) is 19.8. The predicted octanol–water partition coefficient (Wildman–Crippen LogP) is -0.127. The fraction of sp³-hybridized carbons (Fsp3) is 0.600. The Hall–Kier alpha value is -1.49. The van der Waals surface area contributed by atoms with E-state index < -0.39 is 10.0 Å². The molecule has 4 N–H and O–H groups in total. The van der Waals surface area contributed by atoms with E-state index in [4.69, 9.17) is 5.73 Å². The smallest absolute Gasteiger partial charge is 0.250 e. The van der Waals surface area contributed by atoms with E-state index in [1.165, 1.54) is 6.07 Å². The van der Waals surface area contributed by atoms with Crippen LogP contribution in [0.2, 0.25) is 0 Å². The van der Waals surface area contributed by atoms with Gasteiger partial charge in [-0.25, -0.2) is 13.1 Å². The lowest BCUT2D eigenvalue weighted by Gasteiger charge is -2.36. The molecule has 140 valence electrons. The van der Waals surface area contributed by atoms with Crippen LogP contribution in [-0.4, -0.2) is 57.4 Å². The SMILES string of the molecule is NCCC(=O)NCC1CCCCN1C(=O)CNS(=O)(=O)c1cccs1. The van der Waals surface area contributed by atoms with Crippen molar-refractivity contribution in [3.63, 3.8) is 0 Å². The number of piperidine rings is 1. The minimum absolute atomic E-state index is 0.116. The summed E-state index contributed by atoms with van der Waals surface area (Å²) in [5.74, 6) is -0.420. The topological polar surface area (TPSA) is 122 Å². The van der Waals surface area contributed by atoms with Gasteiger partial charge >= 0.3 is 0 Å². The summed E-state index contributed by atoms with van der Waals surface area (Å²) in [6.07, 6.45) is 2.88. The lowest BCUT2D eigenvalue weighted by atomic mass is 10.0. The molecule has 1 aromatic rings. The Balaban J connectivity index is 1.90. The molecular weight excluding hydrogens is 364 g/mol. The molecule has 2 amide bonds. The Kier molecular flexibility index (Phi) is 7.36. The maximum Gasteiger partial charge on any atom is 0.250 e. The number of amides is 2. The molecule has 1 saturated heterocycles. The molecule has 1 aliphatic rings. The van der Waals surface area contributed by atoms with Gasteiger partial charge in [-0.2, -0.15) is 0 Å². The normalized spacial score (nSPS) is 18.1. The second kappa shape index (κ2) is 9.27. The second-order valence-corrected chi connectivity index (χ2v) is 8.78. The highest BCUT2D eigenvalue weighted by molar-refractivity contribution is 7.91. The Bertz CT molecular complexity index is 676. The third kappa shape index (κ3) is 5.77. The summed E-state index contributed by atoms with van der Waals surface area (Å²) >= 11 is 1.10. The number of rotatable bonds is 8. The van der Waals surface area contributed by atoms with E-state index in [0.717, 1.165) is 30.6 Å². The van der Waals surface area contributed by atoms with Gasteiger partial charge in [0.05, 0.1) is 6.54 Å². The molecule has 2 rings (SSSR count). The van der Waals surface area contributed by atoms with Crippen LogP contribution in [0.15, 0.2) is 21.7 Å². The quantitative estimate of drug-likeness (QED) is 0.573. The van der Waals surface area contributed by atoms with Gasteiger partial charge in [0.1, 0.15) is 4.21 Å². The number of hydrogen-bond donors (Lipinski definition) is 3. The Morgan fingerprint density at radius 3 is 2.84 bits per heavy atom. The molecule has 10 heteroatoms. The van der Waals surface area contributed by atoms with Crippen molar-refractivity contribution >= 4 is 33.2 Å². The largest absolute Gasteiger partial charge is 0.354 e. The summed E-state index contributed by atoms with van der Waals surface area (Å²) in [5.41, 5.74) is 5.34. The standard InChI is InChI=1S/C15H24N4O4S2/c16-7-6-13(20)17-10-12-4-1-2-8-19(12)14(21)11-18-25(22,23)15-5-3-9-24-15/h3,5,9,12,18H,1-2,4,6-8,10-11,16H2,(H,17,20). The van der Waals surface area contributed by atoms with Crippen molar-refractivity contribution in [2.45, 2.75) is 35.9 Å². The summed E-state index contributed by atoms with van der Waals surface area (Å²) < 4.78 is 26.8. The molecule has 0 saturated carbocycles. The van der Waals surface area contributed by atoms with E-state index in [1.54, 1.807) is 16.3 Å². The van der Waals surface area contributed by atoms with E-state index in [9.17, 15) is 18.0 Å². The van der Waals surface area contributed by atoms with Crippen LogP contribution < -0.4 is 15.8 Å². The van der Waals surface area contributed by atoms with Gasteiger partial charge in [0.25, 0.3) is 10.0 Å². The monoisotopic (exact) mass is 388 g/mol. The maximum absolute atomic E-state index is 12.5.